The Kier molecular flexibility index (Phi) is 7.51. The van der Waals surface area contributed by atoms with Crippen molar-refractivity contribution in [1.82, 2.24) is 10.6 Å². The van der Waals surface area contributed by atoms with Gasteiger partial charge in [-0.05, 0) is 12.8 Å². The molecule has 0 bridgehead atoms. The maximum absolute atomic E-state index is 11.9. The van der Waals surface area contributed by atoms with Crippen molar-refractivity contribution in [1.29, 1.82) is 0 Å². The molecule has 5 nitrogen and oxygen atoms in total. The van der Waals surface area contributed by atoms with Crippen LogP contribution in [0.25, 0.3) is 0 Å². The van der Waals surface area contributed by atoms with E-state index in [0.29, 0.717) is 6.54 Å². The number of carboxylic acid groups (broad SMARTS) is 1. The normalized spacial score (nSPS) is 17.2. The van der Waals surface area contributed by atoms with E-state index in [4.69, 9.17) is 5.11 Å². The average Bonchev–Trinajstić information content (AvgIpc) is 2.38. The van der Waals surface area contributed by atoms with Gasteiger partial charge in [-0.25, -0.2) is 4.79 Å². The fourth-order valence-electron chi connectivity index (χ4n) is 2.55. The number of hydrogen-bond acceptors (Lipinski definition) is 3. The molecule has 0 aromatic heterocycles. The highest BCUT2D eigenvalue weighted by molar-refractivity contribution is 7.99. The zero-order valence-electron chi connectivity index (χ0n) is 11.8. The Hall–Kier alpha value is -1.17. The quantitative estimate of drug-likeness (QED) is 0.475. The maximum Gasteiger partial charge on any atom is 0.315 e. The minimum atomic E-state index is -0.853. The van der Waals surface area contributed by atoms with E-state index in [1.54, 1.807) is 11.8 Å². The number of carboxylic acids is 1. The highest BCUT2D eigenvalue weighted by Crippen LogP contribution is 2.31. The lowest BCUT2D eigenvalue weighted by Gasteiger charge is -2.36. The van der Waals surface area contributed by atoms with Crippen molar-refractivity contribution < 1.29 is 14.7 Å². The summed E-state index contributed by atoms with van der Waals surface area (Å²) in [5.74, 6) is 0.839. The lowest BCUT2D eigenvalue weighted by Crippen LogP contribution is -2.54. The smallest absolute Gasteiger partial charge is 0.315 e. The Morgan fingerprint density at radius 1 is 1.30 bits per heavy atom. The molecule has 0 aliphatic heterocycles. The van der Waals surface area contributed by atoms with Gasteiger partial charge in [0.15, 0.2) is 0 Å². The number of nitrogens with one attached hydrogen (secondary N) is 2. The summed E-state index contributed by atoms with van der Waals surface area (Å²) in [4.78, 5) is 22.9. The van der Waals surface area contributed by atoms with Crippen LogP contribution in [0.15, 0.2) is 12.7 Å². The van der Waals surface area contributed by atoms with Gasteiger partial charge < -0.3 is 15.7 Å². The molecule has 6 heteroatoms. The third kappa shape index (κ3) is 6.32. The Morgan fingerprint density at radius 3 is 2.60 bits per heavy atom. The standard InChI is InChI=1S/C14H24N2O3S/c1-2-9-20-10-8-15-13(19)16-14(11-12(17)18)6-4-3-5-7-14/h2H,1,3-11H2,(H,17,18)(H2,15,16,19). The highest BCUT2D eigenvalue weighted by atomic mass is 32.2. The summed E-state index contributed by atoms with van der Waals surface area (Å²) in [5, 5.41) is 14.7. The van der Waals surface area contributed by atoms with E-state index < -0.39 is 11.5 Å². The van der Waals surface area contributed by atoms with Crippen molar-refractivity contribution in [2.24, 2.45) is 0 Å². The molecule has 1 saturated carbocycles. The van der Waals surface area contributed by atoms with Crippen molar-refractivity contribution in [2.45, 2.75) is 44.1 Å². The SMILES string of the molecule is C=CCSCCNC(=O)NC1(CC(=O)O)CCCCC1. The number of carbonyl (C=O) groups excluding carboxylic acids is 1. The van der Waals surface area contributed by atoms with Crippen molar-refractivity contribution in [3.8, 4) is 0 Å². The lowest BCUT2D eigenvalue weighted by atomic mass is 9.79. The molecule has 0 unspecified atom stereocenters. The van der Waals surface area contributed by atoms with Crippen LogP contribution in [0, 0.1) is 0 Å². The molecule has 0 radical (unpaired) electrons. The number of urea groups is 1. The first kappa shape index (κ1) is 16.9. The van der Waals surface area contributed by atoms with Crippen LogP contribution < -0.4 is 10.6 Å². The molecule has 1 aliphatic carbocycles. The van der Waals surface area contributed by atoms with Gasteiger partial charge >= 0.3 is 12.0 Å². The number of thioether (sulfide) groups is 1. The van der Waals surface area contributed by atoms with Gasteiger partial charge in [0.1, 0.15) is 0 Å². The van der Waals surface area contributed by atoms with E-state index in [2.05, 4.69) is 17.2 Å². The average molecular weight is 300 g/mol. The summed E-state index contributed by atoms with van der Waals surface area (Å²) in [6, 6.07) is -0.257. The lowest BCUT2D eigenvalue weighted by molar-refractivity contribution is -0.139. The van der Waals surface area contributed by atoms with Gasteiger partial charge in [-0.1, -0.05) is 25.3 Å². The van der Waals surface area contributed by atoms with Crippen LogP contribution in [0.3, 0.4) is 0 Å². The minimum Gasteiger partial charge on any atom is -0.481 e. The predicted molar refractivity (Wildman–Crippen MR) is 82.1 cm³/mol. The molecule has 0 atom stereocenters. The summed E-state index contributed by atoms with van der Waals surface area (Å²) in [5.41, 5.74) is -0.567. The van der Waals surface area contributed by atoms with E-state index in [-0.39, 0.29) is 12.5 Å². The molecule has 2 amide bonds. The van der Waals surface area contributed by atoms with Gasteiger partial charge in [0.25, 0.3) is 0 Å². The maximum atomic E-state index is 11.9. The third-order valence-electron chi connectivity index (χ3n) is 3.45. The van der Waals surface area contributed by atoms with Gasteiger partial charge in [-0.15, -0.1) is 6.58 Å². The molecule has 0 aromatic carbocycles. The molecule has 1 fully saturated rings. The van der Waals surface area contributed by atoms with Crippen LogP contribution in [0.1, 0.15) is 38.5 Å². The van der Waals surface area contributed by atoms with Crippen LogP contribution in [0.2, 0.25) is 0 Å². The molecule has 20 heavy (non-hydrogen) atoms. The van der Waals surface area contributed by atoms with Gasteiger partial charge in [-0.3, -0.25) is 4.79 Å². The summed E-state index contributed by atoms with van der Waals surface area (Å²) in [7, 11) is 0. The second-order valence-electron chi connectivity index (χ2n) is 5.16. The fourth-order valence-corrected chi connectivity index (χ4v) is 3.13. The van der Waals surface area contributed by atoms with Crippen LogP contribution in [0.5, 0.6) is 0 Å². The molecule has 0 saturated heterocycles. The first-order chi connectivity index (χ1) is 9.58. The zero-order chi connectivity index (χ0) is 14.8. The molecule has 114 valence electrons. The summed E-state index contributed by atoms with van der Waals surface area (Å²) in [6.07, 6.45) is 6.39. The second-order valence-corrected chi connectivity index (χ2v) is 6.31. The number of rotatable bonds is 8. The van der Waals surface area contributed by atoms with Crippen LogP contribution in [-0.2, 0) is 4.79 Å². The summed E-state index contributed by atoms with van der Waals surface area (Å²) < 4.78 is 0. The highest BCUT2D eigenvalue weighted by Gasteiger charge is 2.35. The molecule has 3 N–H and O–H groups in total. The third-order valence-corrected chi connectivity index (χ3v) is 4.41. The largest absolute Gasteiger partial charge is 0.481 e. The Bertz CT molecular complexity index is 341. The van der Waals surface area contributed by atoms with E-state index in [1.807, 2.05) is 6.08 Å². The molecule has 0 aromatic rings. The van der Waals surface area contributed by atoms with Gasteiger partial charge in [0.05, 0.1) is 12.0 Å². The molecular weight excluding hydrogens is 276 g/mol. The number of amides is 2. The first-order valence-electron chi connectivity index (χ1n) is 7.04. The van der Waals surface area contributed by atoms with Gasteiger partial charge in [-0.2, -0.15) is 11.8 Å². The molecule has 1 aliphatic rings. The molecule has 0 spiro atoms. The van der Waals surface area contributed by atoms with E-state index in [9.17, 15) is 9.59 Å². The van der Waals surface area contributed by atoms with Crippen molar-refractivity contribution in [3.05, 3.63) is 12.7 Å². The number of hydrogen-bond donors (Lipinski definition) is 3. The fraction of sp³-hybridized carbons (Fsp3) is 0.714. The molecule has 0 heterocycles. The second kappa shape index (κ2) is 8.89. The van der Waals surface area contributed by atoms with Gasteiger partial charge in [0, 0.05) is 18.1 Å². The zero-order valence-corrected chi connectivity index (χ0v) is 12.6. The van der Waals surface area contributed by atoms with E-state index >= 15 is 0 Å². The van der Waals surface area contributed by atoms with E-state index in [1.165, 1.54) is 0 Å². The molecule has 1 rings (SSSR count). The molecular formula is C14H24N2O3S. The van der Waals surface area contributed by atoms with Crippen LogP contribution in [-0.4, -0.2) is 40.7 Å². The first-order valence-corrected chi connectivity index (χ1v) is 8.20. The number of carbonyl (C=O) groups is 2. The predicted octanol–water partition coefficient (Wildman–Crippen LogP) is 2.38. The minimum absolute atomic E-state index is 0.00559. The van der Waals surface area contributed by atoms with E-state index in [0.717, 1.165) is 43.6 Å². The monoisotopic (exact) mass is 300 g/mol. The Morgan fingerprint density at radius 2 is 2.00 bits per heavy atom. The van der Waals surface area contributed by atoms with Crippen molar-refractivity contribution in [2.75, 3.05) is 18.1 Å². The van der Waals surface area contributed by atoms with Crippen LogP contribution >= 0.6 is 11.8 Å². The summed E-state index contributed by atoms with van der Waals surface area (Å²) >= 11 is 1.70. The van der Waals surface area contributed by atoms with Gasteiger partial charge in [0.2, 0.25) is 0 Å². The number of aliphatic carboxylic acids is 1. The Balaban J connectivity index is 2.38. The Labute approximate surface area is 124 Å². The summed E-state index contributed by atoms with van der Waals surface area (Å²) in [6.45, 7) is 4.21. The van der Waals surface area contributed by atoms with Crippen LogP contribution in [0.4, 0.5) is 4.79 Å². The topological polar surface area (TPSA) is 78.4 Å². The van der Waals surface area contributed by atoms with Crippen molar-refractivity contribution >= 4 is 23.8 Å². The van der Waals surface area contributed by atoms with Crippen molar-refractivity contribution in [3.63, 3.8) is 0 Å².